The van der Waals surface area contributed by atoms with Crippen LogP contribution in [0.25, 0.3) is 0 Å². The molecule has 0 bridgehead atoms. The minimum atomic E-state index is -1.44. The fourth-order valence-electron chi connectivity index (χ4n) is 8.15. The van der Waals surface area contributed by atoms with Crippen LogP contribution in [0.3, 0.4) is 0 Å². The predicted octanol–water partition coefficient (Wildman–Crippen LogP) is 3.73. The molecule has 0 saturated heterocycles. The van der Waals surface area contributed by atoms with E-state index in [0.29, 0.717) is 25.7 Å². The Bertz CT molecular complexity index is 995. The normalized spacial score (nSPS) is 41.8. The van der Waals surface area contributed by atoms with Crippen molar-refractivity contribution in [2.24, 2.45) is 34.5 Å². The number of carbonyl (C=O) groups excluding carboxylic acids is 4. The third-order valence-corrected chi connectivity index (χ3v) is 9.54. The summed E-state index contributed by atoms with van der Waals surface area (Å²) in [6.07, 6.45) is 7.45. The highest BCUT2D eigenvalue weighted by Crippen LogP contribution is 2.68. The number of hydrogen-bond acceptors (Lipinski definition) is 7. The molecule has 0 heterocycles. The minimum absolute atomic E-state index is 0.0169. The Morgan fingerprint density at radius 3 is 2.60 bits per heavy atom. The lowest BCUT2D eigenvalue weighted by Gasteiger charge is -2.61. The predicted molar refractivity (Wildman–Crippen MR) is 128 cm³/mol. The van der Waals surface area contributed by atoms with Crippen molar-refractivity contribution < 1.29 is 33.8 Å². The Hall–Kier alpha value is -2.28. The van der Waals surface area contributed by atoms with Gasteiger partial charge in [0.05, 0.1) is 6.10 Å². The molecule has 3 fully saturated rings. The average Bonchev–Trinajstić information content (AvgIpc) is 3.05. The van der Waals surface area contributed by atoms with E-state index in [9.17, 15) is 24.3 Å². The molecule has 35 heavy (non-hydrogen) atoms. The van der Waals surface area contributed by atoms with Gasteiger partial charge in [0.15, 0.2) is 18.0 Å². The van der Waals surface area contributed by atoms with E-state index in [4.69, 9.17) is 9.47 Å². The van der Waals surface area contributed by atoms with Crippen molar-refractivity contribution in [1.82, 2.24) is 0 Å². The molecule has 7 nitrogen and oxygen atoms in total. The number of ether oxygens (including phenoxy) is 2. The highest BCUT2D eigenvalue weighted by Gasteiger charge is 2.70. The van der Waals surface area contributed by atoms with Crippen LogP contribution in [-0.4, -0.2) is 46.9 Å². The molecule has 7 heteroatoms. The van der Waals surface area contributed by atoms with Crippen LogP contribution in [0, 0.1) is 34.5 Å². The van der Waals surface area contributed by atoms with Crippen molar-refractivity contribution in [2.75, 3.05) is 6.61 Å². The standard InChI is InChI=1S/C28H38O7/c1-6-7-24(33)35-28(23(32)15-34-17(3)29)11-9-20-19-12-16(2)21-13-18(30)8-10-26(21,4)25(19)22(31)14-27(20,28)5/h8,10,13,16,19-20,22,25,31H,6-7,9,11-12,14-15H2,1-5H3/t16-,19-,20-,22?,25+,26-,27-,28-/m0/s1. The van der Waals surface area contributed by atoms with Gasteiger partial charge in [-0.1, -0.05) is 39.3 Å². The molecule has 0 radical (unpaired) electrons. The smallest absolute Gasteiger partial charge is 0.306 e. The molecule has 0 aliphatic heterocycles. The van der Waals surface area contributed by atoms with Crippen LogP contribution in [-0.2, 0) is 28.7 Å². The highest BCUT2D eigenvalue weighted by atomic mass is 16.6. The van der Waals surface area contributed by atoms with Crippen molar-refractivity contribution in [3.8, 4) is 0 Å². The first-order valence-electron chi connectivity index (χ1n) is 12.9. The first-order chi connectivity index (χ1) is 16.4. The third kappa shape index (κ3) is 3.90. The van der Waals surface area contributed by atoms with Gasteiger partial charge in [-0.2, -0.15) is 0 Å². The van der Waals surface area contributed by atoms with Gasteiger partial charge in [-0.15, -0.1) is 0 Å². The van der Waals surface area contributed by atoms with Crippen LogP contribution in [0.4, 0.5) is 0 Å². The van der Waals surface area contributed by atoms with Crippen LogP contribution in [0.1, 0.15) is 73.1 Å². The summed E-state index contributed by atoms with van der Waals surface area (Å²) in [4.78, 5) is 50.0. The fraction of sp³-hybridized carbons (Fsp3) is 0.714. The van der Waals surface area contributed by atoms with Crippen molar-refractivity contribution in [3.05, 3.63) is 23.8 Å². The van der Waals surface area contributed by atoms with Gasteiger partial charge in [-0.05, 0) is 62.0 Å². The van der Waals surface area contributed by atoms with Gasteiger partial charge in [0, 0.05) is 30.1 Å². The molecule has 0 aromatic rings. The summed E-state index contributed by atoms with van der Waals surface area (Å²) < 4.78 is 11.1. The second-order valence-electron chi connectivity index (χ2n) is 11.5. The Kier molecular flexibility index (Phi) is 6.62. The molecule has 0 spiro atoms. The van der Waals surface area contributed by atoms with Gasteiger partial charge >= 0.3 is 11.9 Å². The highest BCUT2D eigenvalue weighted by molar-refractivity contribution is 6.01. The van der Waals surface area contributed by atoms with Crippen molar-refractivity contribution >= 4 is 23.5 Å². The number of aliphatic hydroxyl groups is 1. The first-order valence-corrected chi connectivity index (χ1v) is 12.9. The maximum absolute atomic E-state index is 13.6. The monoisotopic (exact) mass is 486 g/mol. The number of rotatable bonds is 6. The van der Waals surface area contributed by atoms with E-state index in [0.717, 1.165) is 12.0 Å². The third-order valence-electron chi connectivity index (χ3n) is 9.54. The lowest BCUT2D eigenvalue weighted by molar-refractivity contribution is -0.202. The minimum Gasteiger partial charge on any atom is -0.458 e. The number of allylic oxidation sites excluding steroid dienone is 4. The van der Waals surface area contributed by atoms with E-state index in [1.165, 1.54) is 6.92 Å². The van der Waals surface area contributed by atoms with E-state index < -0.39 is 46.9 Å². The molecule has 1 N–H and O–H groups in total. The van der Waals surface area contributed by atoms with Crippen LogP contribution in [0.15, 0.2) is 23.8 Å². The van der Waals surface area contributed by atoms with E-state index in [2.05, 4.69) is 13.8 Å². The van der Waals surface area contributed by atoms with Crippen molar-refractivity contribution in [1.29, 1.82) is 0 Å². The van der Waals surface area contributed by atoms with Gasteiger partial charge < -0.3 is 14.6 Å². The number of Topliss-reactive ketones (excluding diaryl/α,β-unsaturated/α-hetero) is 1. The maximum Gasteiger partial charge on any atom is 0.306 e. The summed E-state index contributed by atoms with van der Waals surface area (Å²) in [7, 11) is 0. The summed E-state index contributed by atoms with van der Waals surface area (Å²) in [5, 5.41) is 11.7. The largest absolute Gasteiger partial charge is 0.458 e. The van der Waals surface area contributed by atoms with E-state index in [-0.39, 0.29) is 35.9 Å². The molecule has 4 aliphatic rings. The summed E-state index contributed by atoms with van der Waals surface area (Å²) in [6, 6.07) is 0. The zero-order chi connectivity index (χ0) is 25.8. The van der Waals surface area contributed by atoms with Gasteiger partial charge in [0.2, 0.25) is 5.78 Å². The molecule has 3 saturated carbocycles. The fourth-order valence-corrected chi connectivity index (χ4v) is 8.15. The molecule has 0 aromatic carbocycles. The second-order valence-corrected chi connectivity index (χ2v) is 11.5. The van der Waals surface area contributed by atoms with Crippen LogP contribution in [0.5, 0.6) is 0 Å². The zero-order valence-electron chi connectivity index (χ0n) is 21.5. The molecule has 0 aromatic heterocycles. The molecule has 0 amide bonds. The number of hydrogen-bond donors (Lipinski definition) is 1. The molecule has 8 atom stereocenters. The molecule has 4 aliphatic carbocycles. The summed E-state index contributed by atoms with van der Waals surface area (Å²) in [6.45, 7) is 8.87. The number of esters is 2. The van der Waals surface area contributed by atoms with E-state index in [1.807, 2.05) is 19.9 Å². The number of aliphatic hydroxyl groups excluding tert-OH is 1. The quantitative estimate of drug-likeness (QED) is 0.570. The maximum atomic E-state index is 13.6. The Labute approximate surface area is 207 Å². The van der Waals surface area contributed by atoms with E-state index in [1.54, 1.807) is 12.2 Å². The van der Waals surface area contributed by atoms with Gasteiger partial charge in [-0.25, -0.2) is 0 Å². The number of fused-ring (bicyclic) bond motifs is 5. The average molecular weight is 487 g/mol. The van der Waals surface area contributed by atoms with Crippen LogP contribution in [0.2, 0.25) is 0 Å². The summed E-state index contributed by atoms with van der Waals surface area (Å²) in [5.41, 5.74) is -1.61. The lowest BCUT2D eigenvalue weighted by Crippen LogP contribution is -2.63. The van der Waals surface area contributed by atoms with Gasteiger partial charge in [0.25, 0.3) is 0 Å². The SMILES string of the molecule is CCCC(=O)O[C@]1(C(=O)COC(C)=O)CC[C@H]2[C@@H]3C[C@H](C)C4=CC(=O)C=C[C@]4(C)[C@H]3C(O)C[C@@]21C. The lowest BCUT2D eigenvalue weighted by atomic mass is 9.44. The summed E-state index contributed by atoms with van der Waals surface area (Å²) >= 11 is 0. The molecular formula is C28H38O7. The molecule has 192 valence electrons. The topological polar surface area (TPSA) is 107 Å². The first kappa shape index (κ1) is 25.8. The van der Waals surface area contributed by atoms with Crippen molar-refractivity contribution in [2.45, 2.75) is 84.8 Å². The van der Waals surface area contributed by atoms with Gasteiger partial charge in [-0.3, -0.25) is 19.2 Å². The molecule has 4 rings (SSSR count). The number of carbonyl (C=O) groups is 4. The second kappa shape index (κ2) is 8.99. The van der Waals surface area contributed by atoms with E-state index >= 15 is 0 Å². The Balaban J connectivity index is 1.75. The molecule has 1 unspecified atom stereocenters. The van der Waals surface area contributed by atoms with Crippen LogP contribution >= 0.6 is 0 Å². The number of ketones is 2. The van der Waals surface area contributed by atoms with Gasteiger partial charge in [0.1, 0.15) is 0 Å². The molecular weight excluding hydrogens is 448 g/mol. The summed E-state index contributed by atoms with van der Waals surface area (Å²) in [5.74, 6) is -1.25. The van der Waals surface area contributed by atoms with Crippen molar-refractivity contribution in [3.63, 3.8) is 0 Å². The Morgan fingerprint density at radius 1 is 1.23 bits per heavy atom. The Morgan fingerprint density at radius 2 is 1.94 bits per heavy atom. The zero-order valence-corrected chi connectivity index (χ0v) is 21.5. The van der Waals surface area contributed by atoms with Crippen LogP contribution < -0.4 is 0 Å².